The largest absolute Gasteiger partial charge is 0.497 e. The minimum atomic E-state index is -1.18. The number of carbonyl (C=O) groups is 1. The van der Waals surface area contributed by atoms with Gasteiger partial charge in [-0.1, -0.05) is 94.4 Å². The second-order valence-corrected chi connectivity index (χ2v) is 14.8. The summed E-state index contributed by atoms with van der Waals surface area (Å²) >= 11 is 0. The third-order valence-corrected chi connectivity index (χ3v) is 9.93. The van der Waals surface area contributed by atoms with E-state index in [-0.39, 0.29) is 24.4 Å². The summed E-state index contributed by atoms with van der Waals surface area (Å²) < 4.78 is 37.4. The Labute approximate surface area is 333 Å². The number of aliphatic hydroxyl groups is 1. The highest BCUT2D eigenvalue weighted by Crippen LogP contribution is 2.43. The van der Waals surface area contributed by atoms with Crippen molar-refractivity contribution in [3.63, 3.8) is 0 Å². The Bertz CT molecular complexity index is 2070. The molecular weight excluding hydrogens is 727 g/mol. The molecule has 1 aliphatic rings. The Morgan fingerprint density at radius 2 is 1.37 bits per heavy atom. The predicted octanol–water partition coefficient (Wildman–Crippen LogP) is 6.64. The number of nitrogens with zero attached hydrogens (tertiary/aromatic N) is 2. The molecule has 1 aliphatic heterocycles. The summed E-state index contributed by atoms with van der Waals surface area (Å²) in [5.74, 6) is 1.48. The fourth-order valence-corrected chi connectivity index (χ4v) is 6.85. The quantitative estimate of drug-likeness (QED) is 0.105. The van der Waals surface area contributed by atoms with E-state index in [1.54, 1.807) is 14.2 Å². The maximum absolute atomic E-state index is 13.5. The molecule has 0 spiro atoms. The molecule has 1 amide bonds. The Kier molecular flexibility index (Phi) is 13.1. The molecule has 4 atom stereocenters. The number of hydrogen-bond acceptors (Lipinski definition) is 10. The molecular formula is C45H51N3O9. The number of benzene rings is 4. The number of aromatic nitrogens is 2. The lowest BCUT2D eigenvalue weighted by atomic mass is 9.80. The van der Waals surface area contributed by atoms with Gasteiger partial charge in [-0.15, -0.1) is 0 Å². The van der Waals surface area contributed by atoms with Gasteiger partial charge in [0.1, 0.15) is 47.0 Å². The first-order chi connectivity index (χ1) is 27.5. The van der Waals surface area contributed by atoms with Crippen LogP contribution in [0.2, 0.25) is 0 Å². The van der Waals surface area contributed by atoms with E-state index in [4.69, 9.17) is 28.4 Å². The van der Waals surface area contributed by atoms with E-state index >= 15 is 0 Å². The van der Waals surface area contributed by atoms with E-state index in [1.807, 2.05) is 110 Å². The number of rotatable bonds is 16. The number of aliphatic hydroxyl groups excluding tert-OH is 1. The summed E-state index contributed by atoms with van der Waals surface area (Å²) in [6.45, 7) is 8.26. The van der Waals surface area contributed by atoms with E-state index in [2.05, 4.69) is 31.1 Å². The van der Waals surface area contributed by atoms with Gasteiger partial charge in [0.2, 0.25) is 0 Å². The van der Waals surface area contributed by atoms with Gasteiger partial charge < -0.3 is 38.8 Å². The Morgan fingerprint density at radius 3 is 1.91 bits per heavy atom. The third-order valence-electron chi connectivity index (χ3n) is 9.93. The topological polar surface area (TPSA) is 140 Å². The second-order valence-electron chi connectivity index (χ2n) is 14.8. The van der Waals surface area contributed by atoms with Gasteiger partial charge in [-0.25, -0.2) is 4.79 Å². The van der Waals surface area contributed by atoms with Crippen molar-refractivity contribution in [2.24, 2.45) is 0 Å². The van der Waals surface area contributed by atoms with Crippen molar-refractivity contribution in [2.75, 3.05) is 39.4 Å². The first kappa shape index (κ1) is 41.1. The summed E-state index contributed by atoms with van der Waals surface area (Å²) in [4.78, 5) is 30.4. The fraction of sp³-hybridized carbons (Fsp3) is 0.356. The van der Waals surface area contributed by atoms with E-state index in [1.165, 1.54) is 16.8 Å². The Morgan fingerprint density at radius 1 is 0.807 bits per heavy atom. The first-order valence-corrected chi connectivity index (χ1v) is 19.0. The van der Waals surface area contributed by atoms with Crippen LogP contribution in [0, 0.1) is 0 Å². The second kappa shape index (κ2) is 18.2. The van der Waals surface area contributed by atoms with Crippen LogP contribution in [0.4, 0.5) is 5.82 Å². The van der Waals surface area contributed by atoms with Crippen LogP contribution < -0.4 is 25.2 Å². The number of hydrogen-bond donors (Lipinski definition) is 2. The van der Waals surface area contributed by atoms with Gasteiger partial charge in [-0.3, -0.25) is 9.36 Å². The van der Waals surface area contributed by atoms with Crippen molar-refractivity contribution >= 4 is 11.7 Å². The summed E-state index contributed by atoms with van der Waals surface area (Å²) in [7, 11) is 3.22. The number of carbonyl (C=O) groups excluding carboxylic acids is 1. The summed E-state index contributed by atoms with van der Waals surface area (Å²) in [5.41, 5.74) is 1.72. The zero-order valence-electron chi connectivity index (χ0n) is 33.2. The van der Waals surface area contributed by atoms with Gasteiger partial charge in [-0.05, 0) is 76.6 Å². The maximum Gasteiger partial charge on any atom is 0.351 e. The van der Waals surface area contributed by atoms with Gasteiger partial charge in [0.25, 0.3) is 5.91 Å². The molecule has 57 heavy (non-hydrogen) atoms. The van der Waals surface area contributed by atoms with Gasteiger partial charge in [-0.2, -0.15) is 4.98 Å². The van der Waals surface area contributed by atoms with Gasteiger partial charge in [0, 0.05) is 12.8 Å². The van der Waals surface area contributed by atoms with Crippen molar-refractivity contribution < 1.29 is 38.3 Å². The standard InChI is InChI=1S/C45H51N3O9/c1-7-27-54-41-40(50)37(57-42(41)48-26-25-38(47-43(48)51)46-39(49)29-55-36-23-13-30(14-24-36)44(2,3)4)28-56-45(31-11-9-8-10-12-31,32-15-19-34(52-5)20-16-32)33-17-21-35(53-6)22-18-33/h8-26,37,40-42,50H,7,27-29H2,1-6H3,(H,46,47,49,51)/t37-,40?,41?,42-/m1/s1. The molecule has 1 saturated heterocycles. The molecule has 2 N–H and O–H groups in total. The fourth-order valence-electron chi connectivity index (χ4n) is 6.85. The monoisotopic (exact) mass is 777 g/mol. The minimum Gasteiger partial charge on any atom is -0.497 e. The average molecular weight is 778 g/mol. The molecule has 2 unspecified atom stereocenters. The molecule has 0 saturated carbocycles. The molecule has 0 bridgehead atoms. The van der Waals surface area contributed by atoms with Gasteiger partial charge >= 0.3 is 5.69 Å². The molecule has 1 fully saturated rings. The first-order valence-electron chi connectivity index (χ1n) is 19.0. The molecule has 5 aromatic rings. The van der Waals surface area contributed by atoms with Crippen LogP contribution in [0.5, 0.6) is 17.2 Å². The molecule has 12 nitrogen and oxygen atoms in total. The van der Waals surface area contributed by atoms with Crippen LogP contribution in [-0.4, -0.2) is 72.9 Å². The SMILES string of the molecule is CCCOC1C(O)[C@@H](COC(c2ccccc2)(c2ccc(OC)cc2)c2ccc(OC)cc2)O[C@H]1n1ccc(NC(=O)COc2ccc(C(C)(C)C)cc2)nc1=O. The highest BCUT2D eigenvalue weighted by Gasteiger charge is 2.48. The van der Waals surface area contributed by atoms with Gasteiger partial charge in [0.15, 0.2) is 12.8 Å². The van der Waals surface area contributed by atoms with Crippen LogP contribution in [0.3, 0.4) is 0 Å². The van der Waals surface area contributed by atoms with E-state index < -0.39 is 41.7 Å². The molecule has 12 heteroatoms. The highest BCUT2D eigenvalue weighted by atomic mass is 16.6. The number of methoxy groups -OCH3 is 2. The van der Waals surface area contributed by atoms with Crippen molar-refractivity contribution in [1.29, 1.82) is 0 Å². The molecule has 0 aliphatic carbocycles. The van der Waals surface area contributed by atoms with Crippen molar-refractivity contribution in [3.8, 4) is 17.2 Å². The molecule has 2 heterocycles. The number of nitrogens with one attached hydrogen (secondary N) is 1. The van der Waals surface area contributed by atoms with Crippen LogP contribution in [0.25, 0.3) is 0 Å². The lowest BCUT2D eigenvalue weighted by molar-refractivity contribution is -0.118. The smallest absolute Gasteiger partial charge is 0.351 e. The van der Waals surface area contributed by atoms with E-state index in [0.717, 1.165) is 22.3 Å². The summed E-state index contributed by atoms with van der Waals surface area (Å²) in [6, 6.07) is 34.1. The van der Waals surface area contributed by atoms with Crippen molar-refractivity contribution in [3.05, 3.63) is 148 Å². The van der Waals surface area contributed by atoms with Crippen LogP contribution in [0.1, 0.15) is 62.6 Å². The molecule has 300 valence electrons. The average Bonchev–Trinajstić information content (AvgIpc) is 3.53. The van der Waals surface area contributed by atoms with Crippen LogP contribution >= 0.6 is 0 Å². The zero-order chi connectivity index (χ0) is 40.6. The normalized spacial score (nSPS) is 18.2. The summed E-state index contributed by atoms with van der Waals surface area (Å²) in [5, 5.41) is 14.4. The number of ether oxygens (including phenoxy) is 6. The summed E-state index contributed by atoms with van der Waals surface area (Å²) in [6.07, 6.45) is -1.94. The van der Waals surface area contributed by atoms with E-state index in [9.17, 15) is 14.7 Å². The van der Waals surface area contributed by atoms with Crippen molar-refractivity contribution in [1.82, 2.24) is 9.55 Å². The molecule has 1 aromatic heterocycles. The molecule has 6 rings (SSSR count). The minimum absolute atomic E-state index is 0.00970. The van der Waals surface area contributed by atoms with E-state index in [0.29, 0.717) is 30.3 Å². The lowest BCUT2D eigenvalue weighted by Gasteiger charge is -2.37. The lowest BCUT2D eigenvalue weighted by Crippen LogP contribution is -2.40. The maximum atomic E-state index is 13.5. The predicted molar refractivity (Wildman–Crippen MR) is 216 cm³/mol. The number of anilines is 1. The van der Waals surface area contributed by atoms with Gasteiger partial charge in [0.05, 0.1) is 20.8 Å². The Balaban J connectivity index is 1.23. The van der Waals surface area contributed by atoms with Crippen LogP contribution in [-0.2, 0) is 30.0 Å². The number of amides is 1. The highest BCUT2D eigenvalue weighted by molar-refractivity contribution is 5.90. The molecule has 4 aromatic carbocycles. The third kappa shape index (κ3) is 9.37. The molecule has 0 radical (unpaired) electrons. The Hall–Kier alpha value is -5.53. The van der Waals surface area contributed by atoms with Crippen molar-refractivity contribution in [2.45, 2.75) is 69.7 Å². The van der Waals surface area contributed by atoms with Crippen LogP contribution in [0.15, 0.2) is 120 Å². The zero-order valence-corrected chi connectivity index (χ0v) is 33.2.